The van der Waals surface area contributed by atoms with Crippen LogP contribution < -0.4 is 5.32 Å². The zero-order chi connectivity index (χ0) is 14.7. The summed E-state index contributed by atoms with van der Waals surface area (Å²) in [5.41, 5.74) is 0.938. The number of thiophene rings is 1. The van der Waals surface area contributed by atoms with Gasteiger partial charge in [0, 0.05) is 5.54 Å². The van der Waals surface area contributed by atoms with Crippen molar-refractivity contribution in [3.8, 4) is 0 Å². The van der Waals surface area contributed by atoms with Crippen molar-refractivity contribution in [2.75, 3.05) is 0 Å². The normalized spacial score (nSPS) is 28.8. The minimum atomic E-state index is -0.279. The second-order valence-corrected chi connectivity index (χ2v) is 8.28. The highest BCUT2D eigenvalue weighted by atomic mass is 32.1. The molecule has 1 N–H and O–H groups in total. The van der Waals surface area contributed by atoms with Crippen LogP contribution in [-0.4, -0.2) is 21.9 Å². The Hall–Kier alpha value is -0.870. The Kier molecular flexibility index (Phi) is 2.99. The van der Waals surface area contributed by atoms with Crippen molar-refractivity contribution in [3.63, 3.8) is 0 Å². The van der Waals surface area contributed by atoms with Crippen LogP contribution in [0.15, 0.2) is 16.8 Å². The van der Waals surface area contributed by atoms with E-state index in [0.717, 1.165) is 12.8 Å². The highest BCUT2D eigenvalue weighted by Gasteiger charge is 2.58. The Morgan fingerprint density at radius 2 is 2.05 bits per heavy atom. The molecule has 1 unspecified atom stereocenters. The number of nitrogens with one attached hydrogen (secondary N) is 1. The number of amides is 1. The molecule has 3 aliphatic rings. The molecule has 114 valence electrons. The van der Waals surface area contributed by atoms with Crippen molar-refractivity contribution in [2.24, 2.45) is 5.92 Å². The molecule has 4 heteroatoms. The first-order valence-corrected chi connectivity index (χ1v) is 9.12. The molecule has 2 aliphatic carbocycles. The summed E-state index contributed by atoms with van der Waals surface area (Å²) in [5, 5.41) is 8.04. The zero-order valence-electron chi connectivity index (χ0n) is 12.9. The highest BCUT2D eigenvalue weighted by Crippen LogP contribution is 2.50. The molecule has 1 atom stereocenters. The maximum Gasteiger partial charge on any atom is 0.244 e. The summed E-state index contributed by atoms with van der Waals surface area (Å²) < 4.78 is 0. The largest absolute Gasteiger partial charge is 0.316 e. The molecule has 2 heterocycles. The summed E-state index contributed by atoms with van der Waals surface area (Å²) in [5.74, 6) is 1.02. The van der Waals surface area contributed by atoms with Crippen molar-refractivity contribution in [2.45, 2.75) is 69.6 Å². The molecule has 4 rings (SSSR count). The molecule has 1 spiro atoms. The second kappa shape index (κ2) is 4.56. The Bertz CT molecular complexity index is 541. The Labute approximate surface area is 130 Å². The highest BCUT2D eigenvalue weighted by molar-refractivity contribution is 7.08. The van der Waals surface area contributed by atoms with Crippen LogP contribution in [0.1, 0.15) is 64.1 Å². The van der Waals surface area contributed by atoms with Crippen LogP contribution >= 0.6 is 11.3 Å². The smallest absolute Gasteiger partial charge is 0.244 e. The first-order valence-electron chi connectivity index (χ1n) is 8.18. The monoisotopic (exact) mass is 304 g/mol. The van der Waals surface area contributed by atoms with Gasteiger partial charge in [-0.15, -0.1) is 0 Å². The minimum absolute atomic E-state index is 0.0389. The lowest BCUT2D eigenvalue weighted by molar-refractivity contribution is -0.139. The van der Waals surface area contributed by atoms with Crippen molar-refractivity contribution in [1.29, 1.82) is 0 Å². The number of carbonyl (C=O) groups is 1. The molecule has 0 radical (unpaired) electrons. The maximum absolute atomic E-state index is 13.3. The van der Waals surface area contributed by atoms with Crippen LogP contribution in [-0.2, 0) is 4.79 Å². The lowest BCUT2D eigenvalue weighted by Crippen LogP contribution is -2.51. The third-order valence-electron chi connectivity index (χ3n) is 5.81. The Morgan fingerprint density at radius 1 is 1.33 bits per heavy atom. The van der Waals surface area contributed by atoms with Gasteiger partial charge in [-0.3, -0.25) is 10.1 Å². The molecule has 21 heavy (non-hydrogen) atoms. The summed E-state index contributed by atoms with van der Waals surface area (Å²) in [6, 6.07) is 2.17. The maximum atomic E-state index is 13.3. The van der Waals surface area contributed by atoms with E-state index < -0.39 is 0 Å². The fourth-order valence-electron chi connectivity index (χ4n) is 4.32. The summed E-state index contributed by atoms with van der Waals surface area (Å²) in [4.78, 5) is 15.5. The van der Waals surface area contributed by atoms with Crippen molar-refractivity contribution >= 4 is 17.2 Å². The van der Waals surface area contributed by atoms with E-state index in [1.165, 1.54) is 31.2 Å². The Balaban J connectivity index is 1.74. The van der Waals surface area contributed by atoms with Gasteiger partial charge in [0.1, 0.15) is 6.17 Å². The zero-order valence-corrected chi connectivity index (χ0v) is 13.7. The van der Waals surface area contributed by atoms with Gasteiger partial charge in [0.05, 0.1) is 5.54 Å². The number of rotatable bonds is 3. The van der Waals surface area contributed by atoms with Gasteiger partial charge in [0.25, 0.3) is 0 Å². The standard InChI is InChI=1S/C17H24N2OS/c1-16(2,13-5-6-13)19-14(12-7-10-21-11-12)18-17(15(19)20)8-3-4-9-17/h7,10-11,13-14,18H,3-6,8-9H2,1-2H3. The lowest BCUT2D eigenvalue weighted by Gasteiger charge is -2.40. The van der Waals surface area contributed by atoms with Gasteiger partial charge in [0.2, 0.25) is 5.91 Å². The van der Waals surface area contributed by atoms with Crippen LogP contribution in [0.25, 0.3) is 0 Å². The molecular weight excluding hydrogens is 280 g/mol. The van der Waals surface area contributed by atoms with Gasteiger partial charge in [-0.1, -0.05) is 12.8 Å². The van der Waals surface area contributed by atoms with Gasteiger partial charge in [-0.25, -0.2) is 0 Å². The number of carbonyl (C=O) groups excluding carboxylic acids is 1. The van der Waals surface area contributed by atoms with E-state index in [2.05, 4.69) is 40.9 Å². The molecule has 3 fully saturated rings. The van der Waals surface area contributed by atoms with E-state index in [9.17, 15) is 4.79 Å². The molecule has 2 saturated carbocycles. The quantitative estimate of drug-likeness (QED) is 0.924. The van der Waals surface area contributed by atoms with Gasteiger partial charge >= 0.3 is 0 Å². The van der Waals surface area contributed by atoms with Gasteiger partial charge in [-0.2, -0.15) is 11.3 Å². The van der Waals surface area contributed by atoms with E-state index in [4.69, 9.17) is 0 Å². The fourth-order valence-corrected chi connectivity index (χ4v) is 5.00. The lowest BCUT2D eigenvalue weighted by atomic mass is 9.92. The molecule has 1 saturated heterocycles. The molecule has 1 aliphatic heterocycles. The average Bonchev–Trinajstić information content (AvgIpc) is 2.89. The predicted octanol–water partition coefficient (Wildman–Crippen LogP) is 3.68. The van der Waals surface area contributed by atoms with Crippen LogP contribution in [0.2, 0.25) is 0 Å². The minimum Gasteiger partial charge on any atom is -0.316 e. The van der Waals surface area contributed by atoms with E-state index in [1.54, 1.807) is 11.3 Å². The van der Waals surface area contributed by atoms with Crippen LogP contribution in [0.4, 0.5) is 0 Å². The van der Waals surface area contributed by atoms with Gasteiger partial charge in [-0.05, 0) is 67.8 Å². The first-order chi connectivity index (χ1) is 10.0. The van der Waals surface area contributed by atoms with Gasteiger partial charge in [0.15, 0.2) is 0 Å². The average molecular weight is 304 g/mol. The molecule has 1 amide bonds. The Morgan fingerprint density at radius 3 is 2.62 bits per heavy atom. The van der Waals surface area contributed by atoms with Crippen molar-refractivity contribution in [3.05, 3.63) is 22.4 Å². The number of nitrogens with zero attached hydrogens (tertiary/aromatic N) is 1. The molecule has 0 aromatic carbocycles. The predicted molar refractivity (Wildman–Crippen MR) is 85.0 cm³/mol. The van der Waals surface area contributed by atoms with Gasteiger partial charge < -0.3 is 4.90 Å². The molecule has 0 bridgehead atoms. The molecule has 1 aromatic heterocycles. The third kappa shape index (κ3) is 1.99. The molecule has 3 nitrogen and oxygen atoms in total. The summed E-state index contributed by atoms with van der Waals surface area (Å²) in [6.45, 7) is 4.52. The molecule has 1 aromatic rings. The topological polar surface area (TPSA) is 32.3 Å². The number of hydrogen-bond donors (Lipinski definition) is 1. The van der Waals surface area contributed by atoms with Crippen LogP contribution in [0, 0.1) is 5.92 Å². The molecular formula is C17H24N2OS. The summed E-state index contributed by atoms with van der Waals surface area (Å²) in [6.07, 6.45) is 6.95. The van der Waals surface area contributed by atoms with Crippen molar-refractivity contribution in [1.82, 2.24) is 10.2 Å². The van der Waals surface area contributed by atoms with Crippen molar-refractivity contribution < 1.29 is 4.79 Å². The van der Waals surface area contributed by atoms with E-state index in [0.29, 0.717) is 11.8 Å². The van der Waals surface area contributed by atoms with E-state index in [1.807, 2.05) is 0 Å². The SMILES string of the molecule is CC(C)(C1CC1)N1C(=O)C2(CCCC2)NC1c1ccsc1. The first kappa shape index (κ1) is 13.8. The van der Waals surface area contributed by atoms with E-state index >= 15 is 0 Å². The number of hydrogen-bond acceptors (Lipinski definition) is 3. The van der Waals surface area contributed by atoms with E-state index in [-0.39, 0.29) is 17.2 Å². The van der Waals surface area contributed by atoms with Crippen LogP contribution in [0.5, 0.6) is 0 Å². The third-order valence-corrected chi connectivity index (χ3v) is 6.51. The second-order valence-electron chi connectivity index (χ2n) is 7.50. The fraction of sp³-hybridized carbons (Fsp3) is 0.706. The summed E-state index contributed by atoms with van der Waals surface area (Å²) in [7, 11) is 0. The summed E-state index contributed by atoms with van der Waals surface area (Å²) >= 11 is 1.72. The van der Waals surface area contributed by atoms with Crippen LogP contribution in [0.3, 0.4) is 0 Å².